The summed E-state index contributed by atoms with van der Waals surface area (Å²) in [6.07, 6.45) is 1.16. The van der Waals surface area contributed by atoms with Crippen molar-refractivity contribution in [2.45, 2.75) is 52.1 Å². The van der Waals surface area contributed by atoms with E-state index in [1.54, 1.807) is 0 Å². The number of carbonyl (C=O) groups is 1. The van der Waals surface area contributed by atoms with Crippen molar-refractivity contribution in [3.63, 3.8) is 0 Å². The first-order chi connectivity index (χ1) is 13.8. The number of aryl methyl sites for hydroxylation is 1. The van der Waals surface area contributed by atoms with Crippen molar-refractivity contribution in [2.24, 2.45) is 0 Å². The molecule has 1 heterocycles. The number of benzene rings is 2. The predicted molar refractivity (Wildman–Crippen MR) is 117 cm³/mol. The molecule has 1 aliphatic heterocycles. The van der Waals surface area contributed by atoms with E-state index < -0.39 is 0 Å². The molecule has 2 aromatic rings. The van der Waals surface area contributed by atoms with Gasteiger partial charge in [0.2, 0.25) is 5.91 Å². The highest BCUT2D eigenvalue weighted by Crippen LogP contribution is 2.34. The number of hydrogen-bond donors (Lipinski definition) is 2. The van der Waals surface area contributed by atoms with Crippen molar-refractivity contribution in [1.29, 1.82) is 0 Å². The van der Waals surface area contributed by atoms with Gasteiger partial charge in [0, 0.05) is 24.7 Å². The van der Waals surface area contributed by atoms with Crippen molar-refractivity contribution in [1.82, 2.24) is 5.32 Å². The molecule has 0 aliphatic carbocycles. The molecule has 5 nitrogen and oxygen atoms in total. The fourth-order valence-corrected chi connectivity index (χ4v) is 3.25. The van der Waals surface area contributed by atoms with Gasteiger partial charge in [0.25, 0.3) is 0 Å². The van der Waals surface area contributed by atoms with Crippen molar-refractivity contribution >= 4 is 11.6 Å². The van der Waals surface area contributed by atoms with Crippen LogP contribution in [0.15, 0.2) is 42.5 Å². The second kappa shape index (κ2) is 9.31. The summed E-state index contributed by atoms with van der Waals surface area (Å²) in [5.74, 6) is 1.39. The number of anilines is 1. The van der Waals surface area contributed by atoms with E-state index in [2.05, 4.69) is 62.6 Å². The van der Waals surface area contributed by atoms with E-state index in [0.29, 0.717) is 25.2 Å². The molecule has 0 radical (unpaired) electrons. The van der Waals surface area contributed by atoms with Crippen LogP contribution in [0.5, 0.6) is 11.5 Å². The average molecular weight is 397 g/mol. The number of nitrogens with one attached hydrogen (secondary N) is 2. The van der Waals surface area contributed by atoms with Gasteiger partial charge in [0.1, 0.15) is 12.7 Å². The molecule has 0 fully saturated rings. The molecule has 5 heteroatoms. The molecular formula is C24H32N2O3. The Bertz CT molecular complexity index is 825. The van der Waals surface area contributed by atoms with Crippen LogP contribution in [0.25, 0.3) is 0 Å². The smallest absolute Gasteiger partial charge is 0.224 e. The quantitative estimate of drug-likeness (QED) is 0.732. The fourth-order valence-electron chi connectivity index (χ4n) is 3.25. The number of likely N-dealkylation sites (N-methyl/N-ethyl adjacent to an activating group) is 1. The second-order valence-electron chi connectivity index (χ2n) is 8.52. The van der Waals surface area contributed by atoms with Gasteiger partial charge in [-0.05, 0) is 41.6 Å². The SMILES string of the molecule is CCNCC1COc2cc(NC(=O)CCc3ccc(C(C)(C)C)cc3)ccc2O1. The highest BCUT2D eigenvalue weighted by Gasteiger charge is 2.21. The highest BCUT2D eigenvalue weighted by atomic mass is 16.6. The van der Waals surface area contributed by atoms with Gasteiger partial charge in [-0.25, -0.2) is 0 Å². The van der Waals surface area contributed by atoms with Gasteiger partial charge in [-0.15, -0.1) is 0 Å². The van der Waals surface area contributed by atoms with Crippen LogP contribution in [0.3, 0.4) is 0 Å². The maximum Gasteiger partial charge on any atom is 0.224 e. The normalized spacial score (nSPS) is 15.8. The molecule has 3 rings (SSSR count). The zero-order valence-electron chi connectivity index (χ0n) is 17.9. The summed E-state index contributed by atoms with van der Waals surface area (Å²) in [7, 11) is 0. The van der Waals surface area contributed by atoms with Crippen molar-refractivity contribution in [2.75, 3.05) is 25.0 Å². The Balaban J connectivity index is 1.51. The first-order valence-corrected chi connectivity index (χ1v) is 10.4. The number of rotatable bonds is 7. The van der Waals surface area contributed by atoms with Crippen molar-refractivity contribution in [3.05, 3.63) is 53.6 Å². The minimum absolute atomic E-state index is 0.00700. The Labute approximate surface area is 173 Å². The molecule has 0 saturated carbocycles. The number of carbonyl (C=O) groups excluding carboxylic acids is 1. The molecule has 0 saturated heterocycles. The fraction of sp³-hybridized carbons (Fsp3) is 0.458. The lowest BCUT2D eigenvalue weighted by Gasteiger charge is -2.27. The summed E-state index contributed by atoms with van der Waals surface area (Å²) in [5, 5.41) is 6.22. The number of fused-ring (bicyclic) bond motifs is 1. The predicted octanol–water partition coefficient (Wildman–Crippen LogP) is 4.30. The van der Waals surface area contributed by atoms with E-state index in [0.717, 1.165) is 24.5 Å². The molecule has 1 atom stereocenters. The van der Waals surface area contributed by atoms with Gasteiger partial charge in [-0.2, -0.15) is 0 Å². The lowest BCUT2D eigenvalue weighted by Crippen LogP contribution is -2.38. The van der Waals surface area contributed by atoms with Crippen LogP contribution in [-0.4, -0.2) is 31.7 Å². The second-order valence-corrected chi connectivity index (χ2v) is 8.52. The lowest BCUT2D eigenvalue weighted by molar-refractivity contribution is -0.116. The van der Waals surface area contributed by atoms with Gasteiger partial charge < -0.3 is 20.1 Å². The van der Waals surface area contributed by atoms with Gasteiger partial charge in [-0.3, -0.25) is 4.79 Å². The molecule has 1 unspecified atom stereocenters. The molecule has 1 aliphatic rings. The first-order valence-electron chi connectivity index (χ1n) is 10.4. The Kier molecular flexibility index (Phi) is 6.80. The lowest BCUT2D eigenvalue weighted by atomic mass is 9.86. The molecule has 0 spiro atoms. The van der Waals surface area contributed by atoms with Gasteiger partial charge in [-0.1, -0.05) is 52.0 Å². The summed E-state index contributed by atoms with van der Waals surface area (Å²) in [4.78, 5) is 12.4. The number of amides is 1. The molecule has 0 aromatic heterocycles. The molecule has 2 N–H and O–H groups in total. The maximum atomic E-state index is 12.4. The molecule has 29 heavy (non-hydrogen) atoms. The van der Waals surface area contributed by atoms with E-state index in [4.69, 9.17) is 9.47 Å². The third-order valence-corrected chi connectivity index (χ3v) is 5.03. The summed E-state index contributed by atoms with van der Waals surface area (Å²) in [6, 6.07) is 14.1. The largest absolute Gasteiger partial charge is 0.486 e. The van der Waals surface area contributed by atoms with Crippen LogP contribution in [-0.2, 0) is 16.6 Å². The summed E-state index contributed by atoms with van der Waals surface area (Å²) >= 11 is 0. The van der Waals surface area contributed by atoms with Gasteiger partial charge in [0.05, 0.1) is 0 Å². The maximum absolute atomic E-state index is 12.4. The Morgan fingerprint density at radius 2 is 1.86 bits per heavy atom. The minimum atomic E-state index is -0.00778. The van der Waals surface area contributed by atoms with Gasteiger partial charge >= 0.3 is 0 Å². The molecule has 2 aromatic carbocycles. The highest BCUT2D eigenvalue weighted by molar-refractivity contribution is 5.91. The summed E-state index contributed by atoms with van der Waals surface area (Å²) in [6.45, 7) is 10.8. The van der Waals surface area contributed by atoms with Gasteiger partial charge in [0.15, 0.2) is 11.5 Å². The summed E-state index contributed by atoms with van der Waals surface area (Å²) in [5.41, 5.74) is 3.34. The average Bonchev–Trinajstić information content (AvgIpc) is 2.70. The van der Waals surface area contributed by atoms with E-state index >= 15 is 0 Å². The number of hydrogen-bond acceptors (Lipinski definition) is 4. The molecule has 156 valence electrons. The van der Waals surface area contributed by atoms with Crippen LogP contribution in [0.1, 0.15) is 45.2 Å². The zero-order valence-corrected chi connectivity index (χ0v) is 17.9. The third-order valence-electron chi connectivity index (χ3n) is 5.03. The van der Waals surface area contributed by atoms with Crippen LogP contribution < -0.4 is 20.1 Å². The zero-order chi connectivity index (χ0) is 20.9. The molecule has 0 bridgehead atoms. The minimum Gasteiger partial charge on any atom is -0.486 e. The van der Waals surface area contributed by atoms with Crippen LogP contribution in [0.4, 0.5) is 5.69 Å². The van der Waals surface area contributed by atoms with Crippen LogP contribution in [0.2, 0.25) is 0 Å². The number of ether oxygens (including phenoxy) is 2. The van der Waals surface area contributed by atoms with E-state index in [9.17, 15) is 4.79 Å². The van der Waals surface area contributed by atoms with E-state index in [1.165, 1.54) is 11.1 Å². The summed E-state index contributed by atoms with van der Waals surface area (Å²) < 4.78 is 11.7. The molecular weight excluding hydrogens is 364 g/mol. The third kappa shape index (κ3) is 5.97. The van der Waals surface area contributed by atoms with Crippen molar-refractivity contribution in [3.8, 4) is 11.5 Å². The Hall–Kier alpha value is -2.53. The topological polar surface area (TPSA) is 59.6 Å². The first kappa shape index (κ1) is 21.2. The standard InChI is InChI=1S/C24H32N2O3/c1-5-25-15-20-16-28-22-14-19(11-12-21(22)29-20)26-23(27)13-8-17-6-9-18(10-7-17)24(2,3)4/h6-7,9-12,14,20,25H,5,8,13,15-16H2,1-4H3,(H,26,27). The molecule has 1 amide bonds. The Morgan fingerprint density at radius 1 is 1.10 bits per heavy atom. The van der Waals surface area contributed by atoms with Crippen LogP contribution >= 0.6 is 0 Å². The van der Waals surface area contributed by atoms with E-state index in [1.807, 2.05) is 18.2 Å². The Morgan fingerprint density at radius 3 is 2.55 bits per heavy atom. The monoisotopic (exact) mass is 396 g/mol. The van der Waals surface area contributed by atoms with Crippen LogP contribution in [0, 0.1) is 0 Å². The van der Waals surface area contributed by atoms with E-state index in [-0.39, 0.29) is 17.4 Å². The van der Waals surface area contributed by atoms with Crippen molar-refractivity contribution < 1.29 is 14.3 Å².